The van der Waals surface area contributed by atoms with Gasteiger partial charge in [-0.05, 0) is 6.07 Å². The summed E-state index contributed by atoms with van der Waals surface area (Å²) in [7, 11) is 5.30. The van der Waals surface area contributed by atoms with E-state index in [2.05, 4.69) is 15.2 Å². The maximum Gasteiger partial charge on any atom is 0.245 e. The first-order valence-electron chi connectivity index (χ1n) is 5.83. The zero-order valence-corrected chi connectivity index (χ0v) is 11.2. The largest absolute Gasteiger partial charge is 0.348 e. The maximum atomic E-state index is 7.18. The third-order valence-corrected chi connectivity index (χ3v) is 2.83. The molecule has 0 atom stereocenters. The molecule has 1 aromatic heterocycles. The lowest BCUT2D eigenvalue weighted by molar-refractivity contribution is 0.749. The molecule has 2 rings (SSSR count). The fourth-order valence-electron chi connectivity index (χ4n) is 1.83. The zero-order valence-electron chi connectivity index (χ0n) is 11.2. The molecule has 0 saturated heterocycles. The molecule has 0 unspecified atom stereocenters. The van der Waals surface area contributed by atoms with Gasteiger partial charge in [-0.25, -0.2) is 0 Å². The molecular weight excluding hydrogens is 240 g/mol. The highest BCUT2D eigenvalue weighted by atomic mass is 15.3. The number of hydrogen-bond acceptors (Lipinski definition) is 3. The molecule has 0 bridgehead atoms. The molecule has 0 spiro atoms. The summed E-state index contributed by atoms with van der Waals surface area (Å²) in [6.07, 6.45) is 3.07. The lowest BCUT2D eigenvalue weighted by Gasteiger charge is -2.08. The number of nitrogens with zero attached hydrogens (tertiary/aromatic N) is 5. The summed E-state index contributed by atoms with van der Waals surface area (Å²) in [6.45, 7) is 0. The van der Waals surface area contributed by atoms with Crippen LogP contribution in [-0.2, 0) is 7.05 Å². The minimum absolute atomic E-state index is 0.392. The van der Waals surface area contributed by atoms with Crippen LogP contribution in [-0.4, -0.2) is 35.9 Å². The Labute approximate surface area is 111 Å². The Morgan fingerprint density at radius 3 is 2.79 bits per heavy atom. The van der Waals surface area contributed by atoms with Gasteiger partial charge in [-0.1, -0.05) is 18.2 Å². The molecule has 0 fully saturated rings. The lowest BCUT2D eigenvalue weighted by atomic mass is 10.2. The van der Waals surface area contributed by atoms with E-state index in [0.717, 1.165) is 22.9 Å². The molecule has 0 radical (unpaired) electrons. The molecule has 1 aromatic carbocycles. The van der Waals surface area contributed by atoms with Crippen LogP contribution in [0.3, 0.4) is 0 Å². The Bertz CT molecular complexity index is 652. The Hall–Kier alpha value is -2.50. The number of azo groups is 1. The van der Waals surface area contributed by atoms with Gasteiger partial charge in [0.05, 0.1) is 11.9 Å². The molecule has 19 heavy (non-hydrogen) atoms. The smallest absolute Gasteiger partial charge is 0.245 e. The van der Waals surface area contributed by atoms with Crippen molar-refractivity contribution in [3.63, 3.8) is 0 Å². The number of aromatic nitrogens is 1. The molecule has 0 aliphatic heterocycles. The highest BCUT2D eigenvalue weighted by Crippen LogP contribution is 2.27. The minimum atomic E-state index is 0.392. The van der Waals surface area contributed by atoms with Crippen molar-refractivity contribution in [2.75, 3.05) is 14.1 Å². The van der Waals surface area contributed by atoms with Gasteiger partial charge in [0.25, 0.3) is 0 Å². The van der Waals surface area contributed by atoms with Crippen molar-refractivity contribution < 1.29 is 0 Å². The van der Waals surface area contributed by atoms with Gasteiger partial charge in [-0.3, -0.25) is 10.4 Å². The molecule has 0 aliphatic carbocycles. The van der Waals surface area contributed by atoms with Crippen LogP contribution in [0.4, 0.5) is 5.69 Å². The van der Waals surface area contributed by atoms with Crippen LogP contribution in [0.5, 0.6) is 0 Å². The second kappa shape index (κ2) is 5.43. The number of aryl methyl sites for hydroxylation is 1. The topological polar surface area (TPSA) is 69.1 Å². The number of aliphatic imine (C=N–C) groups is 1. The standard InChI is InChI=1S/C13H16N6/c1-15-13(19(3)9-14)17-16-11-8-18(2)12-7-5-4-6-10(11)12/h4-9,14H,1-3H3. The Balaban J connectivity index is 2.39. The number of nitrogens with one attached hydrogen (secondary N) is 1. The van der Waals surface area contributed by atoms with Gasteiger partial charge in [-0.2, -0.15) is 0 Å². The third-order valence-electron chi connectivity index (χ3n) is 2.83. The van der Waals surface area contributed by atoms with Crippen molar-refractivity contribution in [3.8, 4) is 0 Å². The second-order valence-electron chi connectivity index (χ2n) is 4.11. The number of hydrogen-bond donors (Lipinski definition) is 1. The predicted molar refractivity (Wildman–Crippen MR) is 77.3 cm³/mol. The van der Waals surface area contributed by atoms with Crippen LogP contribution in [0.1, 0.15) is 0 Å². The number of para-hydroxylation sites is 1. The van der Waals surface area contributed by atoms with Crippen LogP contribution in [0, 0.1) is 5.41 Å². The first-order chi connectivity index (χ1) is 9.17. The molecule has 1 N–H and O–H groups in total. The monoisotopic (exact) mass is 256 g/mol. The van der Waals surface area contributed by atoms with Gasteiger partial charge >= 0.3 is 0 Å². The van der Waals surface area contributed by atoms with Crippen LogP contribution in [0.2, 0.25) is 0 Å². The van der Waals surface area contributed by atoms with E-state index in [1.165, 1.54) is 4.90 Å². The van der Waals surface area contributed by atoms with Gasteiger partial charge in [0.1, 0.15) is 5.69 Å². The minimum Gasteiger partial charge on any atom is -0.348 e. The summed E-state index contributed by atoms with van der Waals surface area (Å²) < 4.78 is 2.01. The summed E-state index contributed by atoms with van der Waals surface area (Å²) in [5, 5.41) is 16.5. The van der Waals surface area contributed by atoms with Gasteiger partial charge < -0.3 is 9.47 Å². The molecule has 98 valence electrons. The van der Waals surface area contributed by atoms with Crippen molar-refractivity contribution >= 4 is 28.9 Å². The van der Waals surface area contributed by atoms with Gasteiger partial charge in [-0.15, -0.1) is 10.2 Å². The first kappa shape index (κ1) is 12.9. The summed E-state index contributed by atoms with van der Waals surface area (Å²) in [5.74, 6) is 0.392. The maximum absolute atomic E-state index is 7.18. The highest BCUT2D eigenvalue weighted by molar-refractivity contribution is 5.92. The van der Waals surface area contributed by atoms with Crippen molar-refractivity contribution in [2.45, 2.75) is 0 Å². The van der Waals surface area contributed by atoms with E-state index in [-0.39, 0.29) is 0 Å². The molecule has 6 heteroatoms. The Kier molecular flexibility index (Phi) is 3.70. The molecule has 0 aliphatic rings. The van der Waals surface area contributed by atoms with E-state index < -0.39 is 0 Å². The van der Waals surface area contributed by atoms with Crippen LogP contribution in [0.25, 0.3) is 10.9 Å². The molecular formula is C13H16N6. The fourth-order valence-corrected chi connectivity index (χ4v) is 1.83. The molecule has 6 nitrogen and oxygen atoms in total. The normalized spacial score (nSPS) is 12.3. The zero-order chi connectivity index (χ0) is 13.8. The van der Waals surface area contributed by atoms with E-state index in [9.17, 15) is 0 Å². The molecule has 1 heterocycles. The third kappa shape index (κ3) is 2.52. The summed E-state index contributed by atoms with van der Waals surface area (Å²) in [6, 6.07) is 8.00. The summed E-state index contributed by atoms with van der Waals surface area (Å²) in [4.78, 5) is 5.48. The number of benzene rings is 1. The van der Waals surface area contributed by atoms with Crippen molar-refractivity contribution in [3.05, 3.63) is 30.5 Å². The number of rotatable bonds is 2. The molecule has 2 aromatic rings. The SMILES string of the molecule is CN=C(N=Nc1cn(C)c2ccccc12)N(C)C=N. The van der Waals surface area contributed by atoms with Crippen LogP contribution in [0.15, 0.2) is 45.7 Å². The average Bonchev–Trinajstić information content (AvgIpc) is 2.76. The van der Waals surface area contributed by atoms with E-state index in [0.29, 0.717) is 5.96 Å². The highest BCUT2D eigenvalue weighted by Gasteiger charge is 2.06. The predicted octanol–water partition coefficient (Wildman–Crippen LogP) is 2.79. The summed E-state index contributed by atoms with van der Waals surface area (Å²) >= 11 is 0. The quantitative estimate of drug-likeness (QED) is 0.501. The van der Waals surface area contributed by atoms with Crippen LogP contribution < -0.4 is 0 Å². The fraction of sp³-hybridized carbons (Fsp3) is 0.231. The number of fused-ring (bicyclic) bond motifs is 1. The van der Waals surface area contributed by atoms with Crippen molar-refractivity contribution in [1.29, 1.82) is 5.41 Å². The van der Waals surface area contributed by atoms with E-state index >= 15 is 0 Å². The summed E-state index contributed by atoms with van der Waals surface area (Å²) in [5.41, 5.74) is 1.89. The van der Waals surface area contributed by atoms with Gasteiger partial charge in [0, 0.05) is 32.7 Å². The first-order valence-corrected chi connectivity index (χ1v) is 5.83. The second-order valence-corrected chi connectivity index (χ2v) is 4.11. The average molecular weight is 256 g/mol. The van der Waals surface area contributed by atoms with Gasteiger partial charge in [0.15, 0.2) is 0 Å². The number of guanidine groups is 1. The van der Waals surface area contributed by atoms with Crippen molar-refractivity contribution in [2.24, 2.45) is 22.3 Å². The lowest BCUT2D eigenvalue weighted by Crippen LogP contribution is -2.22. The van der Waals surface area contributed by atoms with E-state index in [4.69, 9.17) is 5.41 Å². The molecule has 0 amide bonds. The van der Waals surface area contributed by atoms with Gasteiger partial charge in [0.2, 0.25) is 5.96 Å². The van der Waals surface area contributed by atoms with E-state index in [1.54, 1.807) is 14.1 Å². The van der Waals surface area contributed by atoms with Crippen molar-refractivity contribution in [1.82, 2.24) is 9.47 Å². The Morgan fingerprint density at radius 2 is 2.11 bits per heavy atom. The Morgan fingerprint density at radius 1 is 1.37 bits per heavy atom. The van der Waals surface area contributed by atoms with Crippen LogP contribution >= 0.6 is 0 Å². The molecule has 0 saturated carbocycles. The van der Waals surface area contributed by atoms with E-state index in [1.807, 2.05) is 42.1 Å².